The first kappa shape index (κ1) is 30.2. The molecule has 13 heteroatoms. The minimum atomic E-state index is -0.101. The van der Waals surface area contributed by atoms with Crippen LogP contribution in [0.4, 0.5) is 0 Å². The summed E-state index contributed by atoms with van der Waals surface area (Å²) in [5.41, 5.74) is 0. The Kier molecular flexibility index (Phi) is 24.8. The first-order chi connectivity index (χ1) is 14.1. The van der Waals surface area contributed by atoms with Crippen LogP contribution in [0.3, 0.4) is 0 Å². The van der Waals surface area contributed by atoms with Gasteiger partial charge in [0.2, 0.25) is 20.2 Å². The quantitative estimate of drug-likeness (QED) is 0.143. The van der Waals surface area contributed by atoms with Gasteiger partial charge in [-0.25, -0.2) is 0 Å². The Labute approximate surface area is 202 Å². The first-order valence-electron chi connectivity index (χ1n) is 9.44. The maximum absolute atomic E-state index is 6.17. The maximum atomic E-state index is 6.17. The third-order valence-corrected chi connectivity index (χ3v) is 8.33. The standard InChI is InChI=1S/C16H27Cl2O5Si6/c1-14(17)11-9-7-5-3-4-6-8-10-12-16(15(2)18)13-25-20-27-22-29-23-28-21-26-19-24/h16H,1-13H2. The Hall–Kier alpha value is 1.16. The van der Waals surface area contributed by atoms with Crippen LogP contribution in [0, 0.1) is 5.92 Å². The Morgan fingerprint density at radius 3 is 1.83 bits per heavy atom. The normalized spacial score (nSPS) is 12.2. The second-order valence-corrected chi connectivity index (χ2v) is 12.7. The molecule has 0 aromatic rings. The van der Waals surface area contributed by atoms with Gasteiger partial charge >= 0.3 is 40.0 Å². The van der Waals surface area contributed by atoms with E-state index in [1.165, 1.54) is 44.9 Å². The highest BCUT2D eigenvalue weighted by Gasteiger charge is 2.12. The van der Waals surface area contributed by atoms with Crippen molar-refractivity contribution in [2.24, 2.45) is 5.92 Å². The fraction of sp³-hybridized carbons (Fsp3) is 0.750. The van der Waals surface area contributed by atoms with Gasteiger partial charge in [-0.2, -0.15) is 0 Å². The lowest BCUT2D eigenvalue weighted by atomic mass is 10.0. The van der Waals surface area contributed by atoms with Gasteiger partial charge in [0.05, 0.1) is 0 Å². The summed E-state index contributed by atoms with van der Waals surface area (Å²) in [5.74, 6) is 0.307. The van der Waals surface area contributed by atoms with Crippen molar-refractivity contribution in [3.05, 3.63) is 23.2 Å². The van der Waals surface area contributed by atoms with E-state index in [0.29, 0.717) is 15.7 Å². The SMILES string of the molecule is C=C(Cl)CCCCCCCCCCC(C[Si]O[Si]O[Si]O[Si]O[Si]O[Si])C(=C)Cl. The van der Waals surface area contributed by atoms with Gasteiger partial charge in [-0.05, 0) is 31.2 Å². The van der Waals surface area contributed by atoms with E-state index in [1.807, 2.05) is 0 Å². The molecule has 0 saturated heterocycles. The predicted molar refractivity (Wildman–Crippen MR) is 124 cm³/mol. The van der Waals surface area contributed by atoms with E-state index in [2.05, 4.69) is 27.8 Å². The van der Waals surface area contributed by atoms with E-state index >= 15 is 0 Å². The molecule has 0 saturated carbocycles. The molecule has 0 aliphatic heterocycles. The van der Waals surface area contributed by atoms with Crippen LogP contribution in [0.5, 0.6) is 0 Å². The molecule has 0 rings (SSSR count). The average molecular weight is 539 g/mol. The number of hydrogen-bond donors (Lipinski definition) is 0. The van der Waals surface area contributed by atoms with E-state index < -0.39 is 0 Å². The summed E-state index contributed by atoms with van der Waals surface area (Å²) >= 11 is 11.9. The monoisotopic (exact) mass is 537 g/mol. The molecule has 0 aliphatic carbocycles. The largest absolute Gasteiger partial charge is 0.435 e. The molecule has 1 unspecified atom stereocenters. The molecule has 0 aromatic carbocycles. The third kappa shape index (κ3) is 23.6. The van der Waals surface area contributed by atoms with E-state index in [9.17, 15) is 0 Å². The zero-order chi connectivity index (χ0) is 21.6. The number of rotatable bonds is 23. The van der Waals surface area contributed by atoms with Gasteiger partial charge in [-0.1, -0.05) is 81.3 Å². The Balaban J connectivity index is 3.47. The van der Waals surface area contributed by atoms with Gasteiger partial charge in [0, 0.05) is 10.1 Å². The molecule has 1 atom stereocenters. The number of unbranched alkanes of at least 4 members (excludes halogenated alkanes) is 7. The molecule has 5 nitrogen and oxygen atoms in total. The molecule has 0 amide bonds. The minimum absolute atomic E-state index is 0.0373. The summed E-state index contributed by atoms with van der Waals surface area (Å²) < 4.78 is 25.5. The second kappa shape index (κ2) is 23.8. The first-order valence-corrected chi connectivity index (χ1v) is 15.0. The smallest absolute Gasteiger partial charge is 0.412 e. The van der Waals surface area contributed by atoms with Crippen LogP contribution in [0.25, 0.3) is 0 Å². The minimum Gasteiger partial charge on any atom is -0.435 e. The van der Waals surface area contributed by atoms with E-state index in [0.717, 1.165) is 35.4 Å². The van der Waals surface area contributed by atoms with Crippen molar-refractivity contribution in [3.8, 4) is 0 Å². The summed E-state index contributed by atoms with van der Waals surface area (Å²) in [5, 5.41) is 1.50. The van der Waals surface area contributed by atoms with Crippen LogP contribution in [0.15, 0.2) is 23.2 Å². The number of halogens is 2. The molecule has 0 spiro atoms. The van der Waals surface area contributed by atoms with Crippen LogP contribution in [0.1, 0.15) is 64.2 Å². The molecule has 0 aliphatic rings. The predicted octanol–water partition coefficient (Wildman–Crippen LogP) is 4.35. The molecule has 13 radical (unpaired) electrons. The van der Waals surface area contributed by atoms with Gasteiger partial charge in [0.15, 0.2) is 0 Å². The van der Waals surface area contributed by atoms with E-state index in [-0.39, 0.29) is 40.0 Å². The fourth-order valence-corrected chi connectivity index (χ4v) is 6.69. The Morgan fingerprint density at radius 2 is 1.28 bits per heavy atom. The number of hydrogen-bond acceptors (Lipinski definition) is 5. The fourth-order valence-electron chi connectivity index (χ4n) is 2.44. The van der Waals surface area contributed by atoms with Crippen LogP contribution >= 0.6 is 23.2 Å². The maximum Gasteiger partial charge on any atom is 0.412 e. The molecule has 0 fully saturated rings. The zero-order valence-corrected chi connectivity index (χ0v) is 24.1. The van der Waals surface area contributed by atoms with Crippen molar-refractivity contribution in [1.82, 2.24) is 0 Å². The molecule has 0 bridgehead atoms. The second-order valence-electron chi connectivity index (χ2n) is 6.22. The van der Waals surface area contributed by atoms with Gasteiger partial charge < -0.3 is 20.6 Å². The summed E-state index contributed by atoms with van der Waals surface area (Å²) in [7, 11) is 2.86. The van der Waals surface area contributed by atoms with Gasteiger partial charge in [-0.3, -0.25) is 0 Å². The van der Waals surface area contributed by atoms with Crippen molar-refractivity contribution in [2.45, 2.75) is 70.3 Å². The van der Waals surface area contributed by atoms with Crippen LogP contribution in [-0.2, 0) is 20.6 Å². The van der Waals surface area contributed by atoms with Crippen molar-refractivity contribution >= 4 is 83.5 Å². The van der Waals surface area contributed by atoms with Crippen LogP contribution in [0.2, 0.25) is 6.04 Å². The number of allylic oxidation sites excluding steroid dienone is 2. The molecule has 29 heavy (non-hydrogen) atoms. The molecule has 159 valence electrons. The lowest BCUT2D eigenvalue weighted by molar-refractivity contribution is 0.389. The van der Waals surface area contributed by atoms with E-state index in [4.69, 9.17) is 39.7 Å². The molecular weight excluding hydrogens is 512 g/mol. The van der Waals surface area contributed by atoms with Crippen molar-refractivity contribution in [1.29, 1.82) is 0 Å². The van der Waals surface area contributed by atoms with Crippen molar-refractivity contribution in [3.63, 3.8) is 0 Å². The van der Waals surface area contributed by atoms with Gasteiger partial charge in [0.1, 0.15) is 0 Å². The Bertz CT molecular complexity index is 412. The summed E-state index contributed by atoms with van der Waals surface area (Å²) in [6.45, 7) is 7.63. The van der Waals surface area contributed by atoms with Crippen molar-refractivity contribution < 1.29 is 20.6 Å². The lowest BCUT2D eigenvalue weighted by Gasteiger charge is -2.14. The summed E-state index contributed by atoms with van der Waals surface area (Å²) in [4.78, 5) is 0. The van der Waals surface area contributed by atoms with Gasteiger partial charge in [-0.15, -0.1) is 0 Å². The summed E-state index contributed by atoms with van der Waals surface area (Å²) in [6, 6.07) is 0.892. The highest BCUT2D eigenvalue weighted by molar-refractivity contribution is 6.47. The van der Waals surface area contributed by atoms with Crippen molar-refractivity contribution in [2.75, 3.05) is 0 Å². The molecule has 0 aromatic heterocycles. The molecule has 0 heterocycles. The highest BCUT2D eigenvalue weighted by Crippen LogP contribution is 2.24. The van der Waals surface area contributed by atoms with E-state index in [1.54, 1.807) is 0 Å². The topological polar surface area (TPSA) is 46.2 Å². The summed E-state index contributed by atoms with van der Waals surface area (Å²) in [6.07, 6.45) is 12.0. The molecular formula is C16H27Cl2O5Si6. The lowest BCUT2D eigenvalue weighted by Crippen LogP contribution is -2.18. The zero-order valence-electron chi connectivity index (χ0n) is 16.6. The highest BCUT2D eigenvalue weighted by atomic mass is 35.5. The Morgan fingerprint density at radius 1 is 0.759 bits per heavy atom. The average Bonchev–Trinajstić information content (AvgIpc) is 2.68. The van der Waals surface area contributed by atoms with Gasteiger partial charge in [0.25, 0.3) is 0 Å². The van der Waals surface area contributed by atoms with Crippen LogP contribution < -0.4 is 0 Å². The van der Waals surface area contributed by atoms with Crippen LogP contribution in [-0.4, -0.2) is 60.3 Å². The third-order valence-electron chi connectivity index (χ3n) is 3.93. The molecule has 0 N–H and O–H groups in total.